The molecule has 0 spiro atoms. The van der Waals surface area contributed by atoms with Crippen molar-refractivity contribution in [3.63, 3.8) is 0 Å². The zero-order valence-electron chi connectivity index (χ0n) is 11.6. The molecule has 0 saturated carbocycles. The number of furan rings is 1. The molecule has 0 unspecified atom stereocenters. The van der Waals surface area contributed by atoms with Crippen molar-refractivity contribution in [2.24, 2.45) is 0 Å². The molecule has 0 saturated heterocycles. The molecule has 110 valence electrons. The number of hydrogen-bond acceptors (Lipinski definition) is 8. The van der Waals surface area contributed by atoms with Crippen LogP contribution in [0.25, 0.3) is 17.1 Å². The zero-order chi connectivity index (χ0) is 14.9. The topological polar surface area (TPSA) is 94.0 Å². The van der Waals surface area contributed by atoms with Gasteiger partial charge in [0.05, 0.1) is 11.6 Å². The highest BCUT2D eigenvalue weighted by Gasteiger charge is 2.08. The third-order valence-electron chi connectivity index (χ3n) is 3.05. The summed E-state index contributed by atoms with van der Waals surface area (Å²) in [6, 6.07) is 7.45. The largest absolute Gasteiger partial charge is 0.458 e. The van der Waals surface area contributed by atoms with Gasteiger partial charge in [-0.05, 0) is 41.6 Å². The first-order valence-electron chi connectivity index (χ1n) is 6.58. The molecule has 0 fully saturated rings. The fraction of sp³-hybridized carbons (Fsp3) is 0.154. The third kappa shape index (κ3) is 2.42. The summed E-state index contributed by atoms with van der Waals surface area (Å²) in [6.07, 6.45) is 0. The minimum atomic E-state index is 0.518. The second kappa shape index (κ2) is 5.19. The quantitative estimate of drug-likeness (QED) is 0.617. The van der Waals surface area contributed by atoms with Gasteiger partial charge in [-0.1, -0.05) is 0 Å². The molecular weight excluding hydrogens is 302 g/mol. The van der Waals surface area contributed by atoms with E-state index in [0.29, 0.717) is 18.0 Å². The SMILES string of the molecule is Cc1nc(-c2ccc(CNc3ccc4nnnn4n3)o2)cs1. The average Bonchev–Trinajstić information content (AvgIpc) is 3.24. The summed E-state index contributed by atoms with van der Waals surface area (Å²) >= 11 is 1.60. The Balaban J connectivity index is 1.48. The van der Waals surface area contributed by atoms with Gasteiger partial charge < -0.3 is 9.73 Å². The second-order valence-corrected chi connectivity index (χ2v) is 5.68. The third-order valence-corrected chi connectivity index (χ3v) is 3.82. The lowest BCUT2D eigenvalue weighted by Crippen LogP contribution is -2.04. The van der Waals surface area contributed by atoms with Crippen molar-refractivity contribution in [1.29, 1.82) is 0 Å². The Morgan fingerprint density at radius 2 is 2.23 bits per heavy atom. The van der Waals surface area contributed by atoms with Crippen LogP contribution in [-0.4, -0.2) is 30.2 Å². The van der Waals surface area contributed by atoms with E-state index in [-0.39, 0.29) is 0 Å². The molecule has 0 amide bonds. The highest BCUT2D eigenvalue weighted by Crippen LogP contribution is 2.24. The number of tetrazole rings is 1. The van der Waals surface area contributed by atoms with Crippen LogP contribution in [0.4, 0.5) is 5.82 Å². The van der Waals surface area contributed by atoms with Gasteiger partial charge >= 0.3 is 0 Å². The number of nitrogens with one attached hydrogen (secondary N) is 1. The number of hydrogen-bond donors (Lipinski definition) is 1. The van der Waals surface area contributed by atoms with Gasteiger partial charge in [-0.2, -0.15) is 0 Å². The van der Waals surface area contributed by atoms with Gasteiger partial charge in [0.2, 0.25) is 0 Å². The number of aryl methyl sites for hydroxylation is 1. The molecule has 0 bridgehead atoms. The van der Waals surface area contributed by atoms with E-state index in [1.165, 1.54) is 4.63 Å². The van der Waals surface area contributed by atoms with Crippen LogP contribution in [0.2, 0.25) is 0 Å². The lowest BCUT2D eigenvalue weighted by atomic mass is 10.3. The van der Waals surface area contributed by atoms with Crippen molar-refractivity contribution in [2.75, 3.05) is 5.32 Å². The van der Waals surface area contributed by atoms with Gasteiger partial charge in [0.15, 0.2) is 11.4 Å². The molecule has 4 rings (SSSR count). The van der Waals surface area contributed by atoms with Gasteiger partial charge in [-0.25, -0.2) is 4.98 Å². The van der Waals surface area contributed by atoms with Crippen LogP contribution >= 0.6 is 11.3 Å². The normalized spacial score (nSPS) is 11.1. The standard InChI is InChI=1S/C13H11N7OS/c1-8-15-10(7-22-8)11-3-2-9(21-11)6-14-12-4-5-13-16-18-19-20(13)17-12/h2-5,7H,6H2,1H3,(H,14,17). The predicted octanol–water partition coefficient (Wildman–Crippen LogP) is 2.16. The van der Waals surface area contributed by atoms with Crippen molar-refractivity contribution in [3.05, 3.63) is 40.4 Å². The molecule has 4 heterocycles. The summed E-state index contributed by atoms with van der Waals surface area (Å²) in [7, 11) is 0. The minimum absolute atomic E-state index is 0.518. The summed E-state index contributed by atoms with van der Waals surface area (Å²) in [6.45, 7) is 2.49. The molecule has 1 N–H and O–H groups in total. The number of thiazole rings is 1. The van der Waals surface area contributed by atoms with E-state index in [9.17, 15) is 0 Å². The Kier molecular flexibility index (Phi) is 3.04. The first-order chi connectivity index (χ1) is 10.8. The lowest BCUT2D eigenvalue weighted by molar-refractivity contribution is 0.529. The zero-order valence-corrected chi connectivity index (χ0v) is 12.4. The van der Waals surface area contributed by atoms with Crippen molar-refractivity contribution >= 4 is 22.8 Å². The molecule has 4 aromatic rings. The maximum absolute atomic E-state index is 5.78. The first kappa shape index (κ1) is 12.9. The van der Waals surface area contributed by atoms with Gasteiger partial charge in [-0.3, -0.25) is 0 Å². The highest BCUT2D eigenvalue weighted by molar-refractivity contribution is 7.09. The summed E-state index contributed by atoms with van der Waals surface area (Å²) in [5.41, 5.74) is 1.46. The van der Waals surface area contributed by atoms with Crippen molar-refractivity contribution in [2.45, 2.75) is 13.5 Å². The maximum Gasteiger partial charge on any atom is 0.200 e. The molecule has 0 aliphatic rings. The van der Waals surface area contributed by atoms with Crippen LogP contribution in [0.3, 0.4) is 0 Å². The van der Waals surface area contributed by atoms with Crippen molar-refractivity contribution < 1.29 is 4.42 Å². The fourth-order valence-corrected chi connectivity index (χ4v) is 2.61. The van der Waals surface area contributed by atoms with Gasteiger partial charge in [0.1, 0.15) is 17.3 Å². The van der Waals surface area contributed by atoms with E-state index in [0.717, 1.165) is 22.2 Å². The Morgan fingerprint density at radius 1 is 1.27 bits per heavy atom. The van der Waals surface area contributed by atoms with Crippen LogP contribution in [0.1, 0.15) is 10.8 Å². The molecule has 9 heteroatoms. The van der Waals surface area contributed by atoms with E-state index in [2.05, 4.69) is 30.9 Å². The van der Waals surface area contributed by atoms with E-state index in [1.807, 2.05) is 30.5 Å². The summed E-state index contributed by atoms with van der Waals surface area (Å²) in [5.74, 6) is 2.24. The average molecular weight is 313 g/mol. The van der Waals surface area contributed by atoms with Gasteiger partial charge in [0, 0.05) is 5.38 Å². The molecule has 0 atom stereocenters. The first-order valence-corrected chi connectivity index (χ1v) is 7.46. The Labute approximate surface area is 128 Å². The minimum Gasteiger partial charge on any atom is -0.458 e. The monoisotopic (exact) mass is 313 g/mol. The van der Waals surface area contributed by atoms with Crippen molar-refractivity contribution in [1.82, 2.24) is 30.2 Å². The number of fused-ring (bicyclic) bond motifs is 1. The Hall–Kier alpha value is -2.81. The van der Waals surface area contributed by atoms with Gasteiger partial charge in [-0.15, -0.1) is 26.2 Å². The summed E-state index contributed by atoms with van der Waals surface area (Å²) in [5, 5.41) is 21.5. The molecule has 0 radical (unpaired) electrons. The van der Waals surface area contributed by atoms with Crippen LogP contribution in [0.15, 0.2) is 34.1 Å². The van der Waals surface area contributed by atoms with E-state index >= 15 is 0 Å². The smallest absolute Gasteiger partial charge is 0.200 e. The summed E-state index contributed by atoms with van der Waals surface area (Å²) < 4.78 is 7.15. The van der Waals surface area contributed by atoms with E-state index < -0.39 is 0 Å². The molecule has 0 aromatic carbocycles. The van der Waals surface area contributed by atoms with Crippen LogP contribution in [0.5, 0.6) is 0 Å². The summed E-state index contributed by atoms with van der Waals surface area (Å²) in [4.78, 5) is 4.41. The van der Waals surface area contributed by atoms with Crippen LogP contribution < -0.4 is 5.32 Å². The highest BCUT2D eigenvalue weighted by atomic mass is 32.1. The van der Waals surface area contributed by atoms with E-state index in [1.54, 1.807) is 17.4 Å². The maximum atomic E-state index is 5.78. The van der Waals surface area contributed by atoms with Crippen LogP contribution in [0, 0.1) is 6.92 Å². The molecule has 22 heavy (non-hydrogen) atoms. The Bertz CT molecular complexity index is 925. The van der Waals surface area contributed by atoms with E-state index in [4.69, 9.17) is 4.42 Å². The number of aromatic nitrogens is 6. The number of nitrogens with zero attached hydrogens (tertiary/aromatic N) is 6. The lowest BCUT2D eigenvalue weighted by Gasteiger charge is -2.02. The van der Waals surface area contributed by atoms with Crippen molar-refractivity contribution in [3.8, 4) is 11.5 Å². The fourth-order valence-electron chi connectivity index (χ4n) is 2.01. The predicted molar refractivity (Wildman–Crippen MR) is 80.5 cm³/mol. The van der Waals surface area contributed by atoms with Crippen LogP contribution in [-0.2, 0) is 6.54 Å². The second-order valence-electron chi connectivity index (χ2n) is 4.62. The molecule has 0 aliphatic carbocycles. The Morgan fingerprint density at radius 3 is 3.09 bits per heavy atom. The molecular formula is C13H11N7OS. The number of anilines is 1. The molecule has 4 aromatic heterocycles. The molecule has 8 nitrogen and oxygen atoms in total. The number of rotatable bonds is 4. The molecule has 0 aliphatic heterocycles. The van der Waals surface area contributed by atoms with Gasteiger partial charge in [0.25, 0.3) is 0 Å².